The van der Waals surface area contributed by atoms with E-state index < -0.39 is 0 Å². The molecule has 1 aromatic heterocycles. The minimum atomic E-state index is -0.357. The number of carbonyl (C=O) groups is 1. The first kappa shape index (κ1) is 19.2. The molecule has 0 aliphatic carbocycles. The second-order valence-electron chi connectivity index (χ2n) is 6.15. The van der Waals surface area contributed by atoms with Crippen LogP contribution < -0.4 is 20.1 Å². The van der Waals surface area contributed by atoms with Gasteiger partial charge in [0.1, 0.15) is 11.5 Å². The van der Waals surface area contributed by atoms with E-state index in [0.717, 1.165) is 5.56 Å². The molecular weight excluding hydrogens is 356 g/mol. The summed E-state index contributed by atoms with van der Waals surface area (Å²) in [4.78, 5) is 20.8. The van der Waals surface area contributed by atoms with Gasteiger partial charge in [-0.2, -0.15) is 0 Å². The number of rotatable bonds is 7. The number of amides is 1. The maximum atomic E-state index is 12.4. The van der Waals surface area contributed by atoms with Crippen molar-refractivity contribution in [3.63, 3.8) is 0 Å². The van der Waals surface area contributed by atoms with Crippen LogP contribution >= 0.6 is 0 Å². The zero-order valence-electron chi connectivity index (χ0n) is 16.0. The van der Waals surface area contributed by atoms with Crippen molar-refractivity contribution < 1.29 is 14.3 Å². The fraction of sp³-hybridized carbons (Fsp3) is 0.190. The maximum Gasteiger partial charge on any atom is 0.275 e. The fourth-order valence-electron chi connectivity index (χ4n) is 2.66. The van der Waals surface area contributed by atoms with Gasteiger partial charge >= 0.3 is 0 Å². The van der Waals surface area contributed by atoms with E-state index in [-0.39, 0.29) is 11.6 Å². The number of ether oxygens (including phenoxy) is 2. The van der Waals surface area contributed by atoms with Crippen molar-refractivity contribution in [1.82, 2.24) is 9.97 Å². The molecule has 7 heteroatoms. The third-order valence-electron chi connectivity index (χ3n) is 4.08. The number of methoxy groups -OCH3 is 2. The number of aryl methyl sites for hydroxylation is 1. The monoisotopic (exact) mass is 378 g/mol. The number of anilines is 2. The zero-order chi connectivity index (χ0) is 19.9. The second-order valence-corrected chi connectivity index (χ2v) is 6.15. The lowest BCUT2D eigenvalue weighted by Gasteiger charge is -2.10. The number of carbonyl (C=O) groups excluding carboxylic acids is 1. The number of nitrogens with one attached hydrogen (secondary N) is 2. The van der Waals surface area contributed by atoms with Crippen LogP contribution in [0.2, 0.25) is 0 Å². The Labute approximate surface area is 163 Å². The highest BCUT2D eigenvalue weighted by Crippen LogP contribution is 2.29. The number of hydrogen-bond donors (Lipinski definition) is 2. The van der Waals surface area contributed by atoms with Crippen LogP contribution in [-0.2, 0) is 6.54 Å². The van der Waals surface area contributed by atoms with Gasteiger partial charge in [0.2, 0.25) is 0 Å². The molecule has 0 saturated heterocycles. The summed E-state index contributed by atoms with van der Waals surface area (Å²) in [6, 6.07) is 13.3. The molecule has 7 nitrogen and oxygen atoms in total. The van der Waals surface area contributed by atoms with Crippen LogP contribution in [0.25, 0.3) is 0 Å². The molecule has 0 spiro atoms. The van der Waals surface area contributed by atoms with E-state index in [4.69, 9.17) is 9.47 Å². The average molecular weight is 378 g/mol. The Morgan fingerprint density at radius 2 is 1.82 bits per heavy atom. The van der Waals surface area contributed by atoms with Gasteiger partial charge in [-0.3, -0.25) is 4.79 Å². The summed E-state index contributed by atoms with van der Waals surface area (Å²) >= 11 is 0. The molecule has 0 saturated carbocycles. The Morgan fingerprint density at radius 1 is 1.00 bits per heavy atom. The Hall–Kier alpha value is -3.61. The number of nitrogens with zero attached hydrogens (tertiary/aromatic N) is 2. The van der Waals surface area contributed by atoms with Crippen LogP contribution in [0.4, 0.5) is 11.5 Å². The van der Waals surface area contributed by atoms with Crippen LogP contribution in [0.3, 0.4) is 0 Å². The topological polar surface area (TPSA) is 85.4 Å². The van der Waals surface area contributed by atoms with Gasteiger partial charge in [-0.1, -0.05) is 29.8 Å². The predicted molar refractivity (Wildman–Crippen MR) is 108 cm³/mol. The molecule has 1 amide bonds. The van der Waals surface area contributed by atoms with E-state index in [1.165, 1.54) is 18.9 Å². The number of hydrogen-bond acceptors (Lipinski definition) is 6. The molecule has 0 radical (unpaired) electrons. The summed E-state index contributed by atoms with van der Waals surface area (Å²) in [5.74, 6) is 1.36. The second kappa shape index (κ2) is 8.85. The molecule has 0 unspecified atom stereocenters. The van der Waals surface area contributed by atoms with E-state index in [9.17, 15) is 4.79 Å². The highest BCUT2D eigenvalue weighted by Gasteiger charge is 2.11. The van der Waals surface area contributed by atoms with E-state index in [2.05, 4.69) is 39.7 Å². The van der Waals surface area contributed by atoms with Crippen molar-refractivity contribution in [2.24, 2.45) is 0 Å². The van der Waals surface area contributed by atoms with E-state index in [1.807, 2.05) is 12.1 Å². The van der Waals surface area contributed by atoms with Crippen molar-refractivity contribution >= 4 is 17.4 Å². The van der Waals surface area contributed by atoms with Gasteiger partial charge in [-0.25, -0.2) is 9.97 Å². The van der Waals surface area contributed by atoms with Crippen molar-refractivity contribution in [2.45, 2.75) is 13.5 Å². The van der Waals surface area contributed by atoms with Gasteiger partial charge < -0.3 is 20.1 Å². The maximum absolute atomic E-state index is 12.4. The Balaban J connectivity index is 1.62. The fourth-order valence-corrected chi connectivity index (χ4v) is 2.66. The van der Waals surface area contributed by atoms with Crippen molar-refractivity contribution in [3.8, 4) is 11.5 Å². The highest BCUT2D eigenvalue weighted by molar-refractivity contribution is 6.02. The van der Waals surface area contributed by atoms with E-state index >= 15 is 0 Å². The summed E-state index contributed by atoms with van der Waals surface area (Å²) in [5, 5.41) is 5.97. The lowest BCUT2D eigenvalue weighted by atomic mass is 10.1. The van der Waals surface area contributed by atoms with Gasteiger partial charge in [-0.15, -0.1) is 0 Å². The third kappa shape index (κ3) is 4.76. The van der Waals surface area contributed by atoms with E-state index in [0.29, 0.717) is 29.5 Å². The third-order valence-corrected chi connectivity index (χ3v) is 4.08. The Kier molecular flexibility index (Phi) is 6.06. The smallest absolute Gasteiger partial charge is 0.275 e. The zero-order valence-corrected chi connectivity index (χ0v) is 16.0. The lowest BCUT2D eigenvalue weighted by molar-refractivity contribution is 0.102. The molecule has 0 aliphatic heterocycles. The SMILES string of the molecule is COc1ccc(NC(=O)c2cnc(NCc3cccc(C)c3)cn2)cc1OC. The summed E-state index contributed by atoms with van der Waals surface area (Å²) in [6.45, 7) is 2.68. The number of aromatic nitrogens is 2. The van der Waals surface area contributed by atoms with Gasteiger partial charge in [0.15, 0.2) is 11.5 Å². The normalized spacial score (nSPS) is 10.2. The summed E-state index contributed by atoms with van der Waals surface area (Å²) in [7, 11) is 3.09. The van der Waals surface area contributed by atoms with Gasteiger partial charge in [0, 0.05) is 18.3 Å². The first-order valence-electron chi connectivity index (χ1n) is 8.74. The average Bonchev–Trinajstić information content (AvgIpc) is 2.72. The standard InChI is InChI=1S/C21H22N4O3/c1-14-5-4-6-15(9-14)11-23-20-13-22-17(12-24-20)21(26)25-16-7-8-18(27-2)19(10-16)28-3/h4-10,12-13H,11H2,1-3H3,(H,23,24)(H,25,26). The molecule has 2 aromatic carbocycles. The van der Waals surface area contributed by atoms with Gasteiger partial charge in [0.05, 0.1) is 26.6 Å². The van der Waals surface area contributed by atoms with Crippen molar-refractivity contribution in [1.29, 1.82) is 0 Å². The molecule has 3 rings (SSSR count). The molecular formula is C21H22N4O3. The number of benzene rings is 2. The molecule has 28 heavy (non-hydrogen) atoms. The van der Waals surface area contributed by atoms with Crippen LogP contribution in [0.1, 0.15) is 21.6 Å². The van der Waals surface area contributed by atoms with Crippen LogP contribution in [0, 0.1) is 6.92 Å². The highest BCUT2D eigenvalue weighted by atomic mass is 16.5. The van der Waals surface area contributed by atoms with Crippen LogP contribution in [0.15, 0.2) is 54.9 Å². The minimum Gasteiger partial charge on any atom is -0.493 e. The summed E-state index contributed by atoms with van der Waals surface area (Å²) < 4.78 is 10.4. The quantitative estimate of drug-likeness (QED) is 0.653. The van der Waals surface area contributed by atoms with Crippen molar-refractivity contribution in [3.05, 3.63) is 71.7 Å². The Bertz CT molecular complexity index is 958. The first-order valence-corrected chi connectivity index (χ1v) is 8.74. The van der Waals surface area contributed by atoms with E-state index in [1.54, 1.807) is 31.5 Å². The molecule has 0 atom stereocenters. The molecule has 2 N–H and O–H groups in total. The first-order chi connectivity index (χ1) is 13.6. The lowest BCUT2D eigenvalue weighted by Crippen LogP contribution is -2.14. The van der Waals surface area contributed by atoms with Crippen molar-refractivity contribution in [2.75, 3.05) is 24.9 Å². The molecule has 0 fully saturated rings. The van der Waals surface area contributed by atoms with Gasteiger partial charge in [-0.05, 0) is 24.6 Å². The molecule has 1 heterocycles. The summed E-state index contributed by atoms with van der Waals surface area (Å²) in [5.41, 5.74) is 3.15. The predicted octanol–water partition coefficient (Wildman–Crippen LogP) is 3.67. The Morgan fingerprint density at radius 3 is 2.50 bits per heavy atom. The molecule has 3 aromatic rings. The van der Waals surface area contributed by atoms with Gasteiger partial charge in [0.25, 0.3) is 5.91 Å². The summed E-state index contributed by atoms with van der Waals surface area (Å²) in [6.07, 6.45) is 2.98. The van der Waals surface area contributed by atoms with Crippen LogP contribution in [-0.4, -0.2) is 30.1 Å². The molecule has 144 valence electrons. The van der Waals surface area contributed by atoms with Crippen LogP contribution in [0.5, 0.6) is 11.5 Å². The minimum absolute atomic E-state index is 0.218. The largest absolute Gasteiger partial charge is 0.493 e. The molecule has 0 aliphatic rings. The molecule has 0 bridgehead atoms.